The molecule has 180 valence electrons. The molecule has 2 aliphatic heterocycles. The number of fused-ring (bicyclic) bond motifs is 1. The monoisotopic (exact) mass is 472 g/mol. The van der Waals surface area contributed by atoms with Gasteiger partial charge in [0, 0.05) is 26.2 Å². The van der Waals surface area contributed by atoms with Crippen molar-refractivity contribution in [1.82, 2.24) is 19.6 Å². The van der Waals surface area contributed by atoms with Crippen molar-refractivity contribution in [3.05, 3.63) is 72.2 Å². The van der Waals surface area contributed by atoms with Crippen LogP contribution in [0.25, 0.3) is 17.0 Å². The van der Waals surface area contributed by atoms with Crippen molar-refractivity contribution in [2.75, 3.05) is 36.0 Å². The van der Waals surface area contributed by atoms with E-state index < -0.39 is 0 Å². The Bertz CT molecular complexity index is 1330. The number of hydrogen-bond acceptors (Lipinski definition) is 6. The van der Waals surface area contributed by atoms with Crippen molar-refractivity contribution in [3.63, 3.8) is 0 Å². The topological polar surface area (TPSA) is 69.8 Å². The van der Waals surface area contributed by atoms with Gasteiger partial charge in [-0.1, -0.05) is 18.2 Å². The predicted octanol–water partition coefficient (Wildman–Crippen LogP) is 4.48. The lowest BCUT2D eigenvalue weighted by atomic mass is 9.98. The quantitative estimate of drug-likeness (QED) is 0.462. The number of aliphatic hydroxyl groups is 1. The number of anilines is 2. The molecule has 0 radical (unpaired) electrons. The molecule has 0 aliphatic carbocycles. The van der Waals surface area contributed by atoms with Crippen LogP contribution in [-0.2, 0) is 0 Å². The highest BCUT2D eigenvalue weighted by molar-refractivity contribution is 5.62. The Kier molecular flexibility index (Phi) is 5.82. The SMILES string of the molecule is OCC1CCN(c2cccc(-c3cnc4ccc(N5CCCC5c5cccc(F)c5)nn34)n2)CC1. The van der Waals surface area contributed by atoms with Gasteiger partial charge in [0.1, 0.15) is 23.1 Å². The minimum atomic E-state index is -0.207. The predicted molar refractivity (Wildman–Crippen MR) is 134 cm³/mol. The van der Waals surface area contributed by atoms with E-state index in [1.165, 1.54) is 6.07 Å². The molecule has 0 amide bonds. The maximum Gasteiger partial charge on any atom is 0.154 e. The van der Waals surface area contributed by atoms with E-state index in [1.54, 1.807) is 12.1 Å². The van der Waals surface area contributed by atoms with Gasteiger partial charge in [-0.05, 0) is 73.6 Å². The molecule has 3 aromatic heterocycles. The van der Waals surface area contributed by atoms with Crippen LogP contribution in [-0.4, -0.2) is 50.9 Å². The molecule has 1 unspecified atom stereocenters. The number of hydrogen-bond donors (Lipinski definition) is 1. The highest BCUT2D eigenvalue weighted by atomic mass is 19.1. The van der Waals surface area contributed by atoms with E-state index in [-0.39, 0.29) is 18.5 Å². The molecule has 7 nitrogen and oxygen atoms in total. The second-order valence-corrected chi connectivity index (χ2v) is 9.51. The molecule has 2 aliphatic rings. The van der Waals surface area contributed by atoms with Crippen molar-refractivity contribution in [1.29, 1.82) is 0 Å². The minimum Gasteiger partial charge on any atom is -0.396 e. The van der Waals surface area contributed by atoms with Crippen LogP contribution in [0, 0.1) is 11.7 Å². The Morgan fingerprint density at radius 1 is 0.943 bits per heavy atom. The summed E-state index contributed by atoms with van der Waals surface area (Å²) >= 11 is 0. The second-order valence-electron chi connectivity index (χ2n) is 9.51. The van der Waals surface area contributed by atoms with Gasteiger partial charge < -0.3 is 14.9 Å². The van der Waals surface area contributed by atoms with Gasteiger partial charge in [-0.3, -0.25) is 0 Å². The summed E-state index contributed by atoms with van der Waals surface area (Å²) in [7, 11) is 0. The summed E-state index contributed by atoms with van der Waals surface area (Å²) in [6.45, 7) is 2.93. The number of pyridine rings is 1. The van der Waals surface area contributed by atoms with E-state index in [9.17, 15) is 9.50 Å². The summed E-state index contributed by atoms with van der Waals surface area (Å²) in [5.41, 5.74) is 3.42. The molecule has 4 aromatic rings. The fourth-order valence-electron chi connectivity index (χ4n) is 5.38. The van der Waals surface area contributed by atoms with Crippen molar-refractivity contribution >= 4 is 17.3 Å². The summed E-state index contributed by atoms with van der Waals surface area (Å²) in [6.07, 6.45) is 5.78. The Morgan fingerprint density at radius 3 is 2.63 bits per heavy atom. The summed E-state index contributed by atoms with van der Waals surface area (Å²) in [5.74, 6) is 1.97. The molecule has 0 bridgehead atoms. The highest BCUT2D eigenvalue weighted by Gasteiger charge is 2.28. The molecule has 2 saturated heterocycles. The Hall–Kier alpha value is -3.52. The van der Waals surface area contributed by atoms with Gasteiger partial charge in [0.25, 0.3) is 0 Å². The summed E-state index contributed by atoms with van der Waals surface area (Å²) in [5, 5.41) is 14.4. The lowest BCUT2D eigenvalue weighted by Gasteiger charge is -2.32. The maximum atomic E-state index is 13.9. The lowest BCUT2D eigenvalue weighted by Crippen LogP contribution is -2.35. The Balaban J connectivity index is 1.31. The number of benzene rings is 1. The van der Waals surface area contributed by atoms with Gasteiger partial charge in [0.05, 0.1) is 17.9 Å². The van der Waals surface area contributed by atoms with E-state index in [4.69, 9.17) is 10.1 Å². The van der Waals surface area contributed by atoms with E-state index in [1.807, 2.05) is 47.1 Å². The number of imidazole rings is 1. The van der Waals surface area contributed by atoms with Gasteiger partial charge in [0.2, 0.25) is 0 Å². The third kappa shape index (κ3) is 4.23. The molecule has 5 heterocycles. The smallest absolute Gasteiger partial charge is 0.154 e. The van der Waals surface area contributed by atoms with E-state index in [0.717, 1.165) is 79.6 Å². The number of rotatable bonds is 5. The molecular formula is C27H29FN6O. The van der Waals surface area contributed by atoms with Crippen LogP contribution in [0.2, 0.25) is 0 Å². The highest BCUT2D eigenvalue weighted by Crippen LogP contribution is 2.36. The molecule has 1 aromatic carbocycles. The molecule has 1 atom stereocenters. The number of halogens is 1. The van der Waals surface area contributed by atoms with Crippen molar-refractivity contribution in [3.8, 4) is 11.4 Å². The summed E-state index contributed by atoms with van der Waals surface area (Å²) in [6, 6.07) is 17.0. The van der Waals surface area contributed by atoms with Crippen LogP contribution >= 0.6 is 0 Å². The first-order chi connectivity index (χ1) is 17.2. The zero-order chi connectivity index (χ0) is 23.8. The molecular weight excluding hydrogens is 443 g/mol. The van der Waals surface area contributed by atoms with Gasteiger partial charge in [-0.2, -0.15) is 0 Å². The number of piperidine rings is 1. The van der Waals surface area contributed by atoms with Crippen LogP contribution in [0.15, 0.2) is 60.8 Å². The van der Waals surface area contributed by atoms with Crippen LogP contribution in [0.1, 0.15) is 37.3 Å². The first-order valence-electron chi connectivity index (χ1n) is 12.4. The van der Waals surface area contributed by atoms with Crippen LogP contribution in [0.5, 0.6) is 0 Å². The first kappa shape index (κ1) is 22.0. The van der Waals surface area contributed by atoms with E-state index in [0.29, 0.717) is 5.92 Å². The molecule has 8 heteroatoms. The second kappa shape index (κ2) is 9.26. The van der Waals surface area contributed by atoms with Crippen molar-refractivity contribution in [2.24, 2.45) is 5.92 Å². The standard InChI is InChI=1S/C27H29FN6O/c28-21-5-1-4-20(16-21)23-7-3-13-33(23)27-10-9-25-29-17-24(34(25)31-27)22-6-2-8-26(30-22)32-14-11-19(18-35)12-15-32/h1-2,4-6,8-10,16-17,19,23,35H,3,7,11-15,18H2. The van der Waals surface area contributed by atoms with Crippen LogP contribution in [0.4, 0.5) is 16.0 Å². The van der Waals surface area contributed by atoms with Crippen LogP contribution in [0.3, 0.4) is 0 Å². The normalized spacial score (nSPS) is 19.1. The molecule has 0 spiro atoms. The number of aromatic nitrogens is 4. The molecule has 2 fully saturated rings. The number of aliphatic hydroxyl groups excluding tert-OH is 1. The molecule has 35 heavy (non-hydrogen) atoms. The lowest BCUT2D eigenvalue weighted by molar-refractivity contribution is 0.203. The molecule has 1 N–H and O–H groups in total. The summed E-state index contributed by atoms with van der Waals surface area (Å²) in [4.78, 5) is 14.1. The summed E-state index contributed by atoms with van der Waals surface area (Å²) < 4.78 is 15.8. The van der Waals surface area contributed by atoms with E-state index in [2.05, 4.69) is 14.8 Å². The number of nitrogens with zero attached hydrogens (tertiary/aromatic N) is 6. The van der Waals surface area contributed by atoms with Crippen molar-refractivity contribution in [2.45, 2.75) is 31.7 Å². The largest absolute Gasteiger partial charge is 0.396 e. The minimum absolute atomic E-state index is 0.103. The molecule has 0 saturated carbocycles. The van der Waals surface area contributed by atoms with Crippen LogP contribution < -0.4 is 9.80 Å². The average Bonchev–Trinajstić information content (AvgIpc) is 3.56. The fourth-order valence-corrected chi connectivity index (χ4v) is 5.38. The Morgan fingerprint density at radius 2 is 1.80 bits per heavy atom. The van der Waals surface area contributed by atoms with Gasteiger partial charge in [0.15, 0.2) is 5.65 Å². The average molecular weight is 473 g/mol. The van der Waals surface area contributed by atoms with Gasteiger partial charge in [-0.15, -0.1) is 5.10 Å². The zero-order valence-electron chi connectivity index (χ0n) is 19.6. The molecule has 6 rings (SSSR count). The van der Waals surface area contributed by atoms with Gasteiger partial charge >= 0.3 is 0 Å². The maximum absolute atomic E-state index is 13.9. The third-order valence-corrected chi connectivity index (χ3v) is 7.32. The van der Waals surface area contributed by atoms with Crippen molar-refractivity contribution < 1.29 is 9.50 Å². The fraction of sp³-hybridized carbons (Fsp3) is 0.370. The van der Waals surface area contributed by atoms with Gasteiger partial charge in [-0.25, -0.2) is 18.9 Å². The Labute approximate surface area is 203 Å². The van der Waals surface area contributed by atoms with E-state index >= 15 is 0 Å². The third-order valence-electron chi connectivity index (χ3n) is 7.32. The first-order valence-corrected chi connectivity index (χ1v) is 12.4. The zero-order valence-corrected chi connectivity index (χ0v) is 19.6.